The number of methoxy groups -OCH3 is 2. The lowest BCUT2D eigenvalue weighted by molar-refractivity contribution is -0.117. The van der Waals surface area contributed by atoms with Crippen molar-refractivity contribution >= 4 is 27.3 Å². The number of carbonyl (C=O) groups excluding carboxylic acids is 1. The minimum Gasteiger partial charge on any atom is -0.495 e. The van der Waals surface area contributed by atoms with Gasteiger partial charge in [-0.1, -0.05) is 6.07 Å². The molecule has 0 atom stereocenters. The molecule has 144 valence electrons. The quantitative estimate of drug-likeness (QED) is 0.820. The summed E-state index contributed by atoms with van der Waals surface area (Å²) in [5.41, 5.74) is 1.69. The van der Waals surface area contributed by atoms with Crippen LogP contribution in [0.15, 0.2) is 41.3 Å². The van der Waals surface area contributed by atoms with Gasteiger partial charge in [0.05, 0.1) is 25.6 Å². The van der Waals surface area contributed by atoms with Crippen LogP contribution in [-0.2, 0) is 14.8 Å². The molecule has 1 saturated heterocycles. The Hall–Kier alpha value is -2.74. The highest BCUT2D eigenvalue weighted by atomic mass is 32.2. The van der Waals surface area contributed by atoms with Gasteiger partial charge in [0.1, 0.15) is 16.4 Å². The molecule has 8 heteroatoms. The summed E-state index contributed by atoms with van der Waals surface area (Å²) in [7, 11) is -0.932. The molecule has 3 rings (SSSR count). The third-order valence-electron chi connectivity index (χ3n) is 4.40. The second-order valence-corrected chi connectivity index (χ2v) is 7.95. The Morgan fingerprint density at radius 1 is 1.04 bits per heavy atom. The molecule has 1 amide bonds. The molecule has 0 aromatic heterocycles. The number of benzene rings is 2. The first kappa shape index (κ1) is 19.0. The molecule has 1 N–H and O–H groups in total. The third-order valence-corrected chi connectivity index (χ3v) is 5.81. The monoisotopic (exact) mass is 390 g/mol. The fourth-order valence-corrected chi connectivity index (χ4v) is 4.38. The molecule has 1 aliphatic heterocycles. The number of hydrogen-bond acceptors (Lipinski definition) is 5. The number of aryl methyl sites for hydroxylation is 1. The van der Waals surface area contributed by atoms with Gasteiger partial charge in [-0.3, -0.25) is 9.52 Å². The molecule has 0 aliphatic carbocycles. The van der Waals surface area contributed by atoms with Crippen LogP contribution in [0.1, 0.15) is 18.4 Å². The molecule has 0 bridgehead atoms. The van der Waals surface area contributed by atoms with Gasteiger partial charge in [-0.2, -0.15) is 0 Å². The van der Waals surface area contributed by atoms with Gasteiger partial charge >= 0.3 is 0 Å². The maximum absolute atomic E-state index is 12.9. The molecule has 1 heterocycles. The molecule has 2 aromatic rings. The number of nitrogens with one attached hydrogen (secondary N) is 1. The Morgan fingerprint density at radius 2 is 1.74 bits per heavy atom. The summed E-state index contributed by atoms with van der Waals surface area (Å²) in [5.74, 6) is 0.770. The van der Waals surface area contributed by atoms with Crippen molar-refractivity contribution in [1.29, 1.82) is 0 Å². The van der Waals surface area contributed by atoms with Crippen LogP contribution < -0.4 is 19.1 Å². The highest BCUT2D eigenvalue weighted by Gasteiger charge is 2.26. The summed E-state index contributed by atoms with van der Waals surface area (Å²) in [5, 5.41) is 0. The Labute approximate surface area is 158 Å². The largest absolute Gasteiger partial charge is 0.495 e. The lowest BCUT2D eigenvalue weighted by Gasteiger charge is -2.20. The van der Waals surface area contributed by atoms with Crippen molar-refractivity contribution in [3.8, 4) is 11.5 Å². The van der Waals surface area contributed by atoms with Crippen LogP contribution in [0.25, 0.3) is 0 Å². The molecule has 2 aromatic carbocycles. The highest BCUT2D eigenvalue weighted by Crippen LogP contribution is 2.35. The van der Waals surface area contributed by atoms with E-state index in [1.54, 1.807) is 41.3 Å². The van der Waals surface area contributed by atoms with Crippen LogP contribution in [0, 0.1) is 6.92 Å². The summed E-state index contributed by atoms with van der Waals surface area (Å²) in [4.78, 5) is 13.8. The van der Waals surface area contributed by atoms with Crippen molar-refractivity contribution in [1.82, 2.24) is 0 Å². The predicted octanol–water partition coefficient (Wildman–Crippen LogP) is 2.94. The molecule has 0 saturated carbocycles. The third kappa shape index (κ3) is 3.85. The van der Waals surface area contributed by atoms with Gasteiger partial charge in [0, 0.05) is 13.0 Å². The maximum Gasteiger partial charge on any atom is 0.265 e. The molecule has 0 unspecified atom stereocenters. The number of sulfonamides is 1. The van der Waals surface area contributed by atoms with E-state index in [1.807, 2.05) is 6.92 Å². The number of rotatable bonds is 6. The predicted molar refractivity (Wildman–Crippen MR) is 103 cm³/mol. The zero-order valence-electron chi connectivity index (χ0n) is 15.5. The van der Waals surface area contributed by atoms with E-state index in [2.05, 4.69) is 4.72 Å². The summed E-state index contributed by atoms with van der Waals surface area (Å²) in [6.45, 7) is 2.39. The van der Waals surface area contributed by atoms with Crippen molar-refractivity contribution in [2.75, 3.05) is 30.4 Å². The molecule has 1 fully saturated rings. The van der Waals surface area contributed by atoms with E-state index in [0.717, 1.165) is 12.0 Å². The van der Waals surface area contributed by atoms with Gasteiger partial charge in [0.15, 0.2) is 0 Å². The first-order chi connectivity index (χ1) is 12.9. The number of nitrogens with zero attached hydrogens (tertiary/aromatic N) is 1. The smallest absolute Gasteiger partial charge is 0.265 e. The maximum atomic E-state index is 12.9. The van der Waals surface area contributed by atoms with E-state index in [9.17, 15) is 13.2 Å². The SMILES string of the molecule is COc1ccc(NS(=O)(=O)c2cc(C)ccc2OC)cc1N1CCCC1=O. The van der Waals surface area contributed by atoms with Gasteiger partial charge in [-0.25, -0.2) is 8.42 Å². The van der Waals surface area contributed by atoms with Gasteiger partial charge in [-0.05, 0) is 49.2 Å². The summed E-state index contributed by atoms with van der Waals surface area (Å²) < 4.78 is 38.9. The standard InChI is InChI=1S/C19H22N2O5S/c1-13-6-8-17(26-3)18(11-13)27(23,24)20-14-7-9-16(25-2)15(12-14)21-10-4-5-19(21)22/h6-9,11-12,20H,4-5,10H2,1-3H3. The van der Waals surface area contributed by atoms with Gasteiger partial charge in [0.2, 0.25) is 5.91 Å². The van der Waals surface area contributed by atoms with Crippen LogP contribution in [-0.4, -0.2) is 35.1 Å². The van der Waals surface area contributed by atoms with Crippen LogP contribution in [0.4, 0.5) is 11.4 Å². The topological polar surface area (TPSA) is 84.9 Å². The lowest BCUT2D eigenvalue weighted by atomic mass is 10.2. The Kier molecular flexibility index (Phi) is 5.27. The molecular formula is C19H22N2O5S. The molecule has 1 aliphatic rings. The van der Waals surface area contributed by atoms with Crippen LogP contribution >= 0.6 is 0 Å². The molecule has 0 spiro atoms. The van der Waals surface area contributed by atoms with Crippen molar-refractivity contribution in [2.24, 2.45) is 0 Å². The Morgan fingerprint density at radius 3 is 2.37 bits per heavy atom. The van der Waals surface area contributed by atoms with Gasteiger partial charge in [-0.15, -0.1) is 0 Å². The van der Waals surface area contributed by atoms with Gasteiger partial charge < -0.3 is 14.4 Å². The van der Waals surface area contributed by atoms with E-state index in [4.69, 9.17) is 9.47 Å². The molecule has 7 nitrogen and oxygen atoms in total. The van der Waals surface area contributed by atoms with E-state index in [1.165, 1.54) is 14.2 Å². The highest BCUT2D eigenvalue weighted by molar-refractivity contribution is 7.92. The number of amides is 1. The Bertz CT molecular complexity index is 972. The minimum atomic E-state index is -3.87. The number of anilines is 2. The van der Waals surface area contributed by atoms with E-state index < -0.39 is 10.0 Å². The van der Waals surface area contributed by atoms with Crippen LogP contribution in [0.3, 0.4) is 0 Å². The first-order valence-electron chi connectivity index (χ1n) is 8.51. The molecule has 27 heavy (non-hydrogen) atoms. The van der Waals surface area contributed by atoms with E-state index >= 15 is 0 Å². The van der Waals surface area contributed by atoms with E-state index in [0.29, 0.717) is 30.1 Å². The first-order valence-corrected chi connectivity index (χ1v) is 10.00. The average Bonchev–Trinajstić information content (AvgIpc) is 3.07. The Balaban J connectivity index is 1.98. The van der Waals surface area contributed by atoms with Crippen LogP contribution in [0.5, 0.6) is 11.5 Å². The lowest BCUT2D eigenvalue weighted by Crippen LogP contribution is -2.24. The molecule has 0 radical (unpaired) electrons. The zero-order chi connectivity index (χ0) is 19.6. The minimum absolute atomic E-state index is 0.00587. The second-order valence-electron chi connectivity index (χ2n) is 6.30. The molecular weight excluding hydrogens is 368 g/mol. The van der Waals surface area contributed by atoms with Crippen molar-refractivity contribution in [2.45, 2.75) is 24.7 Å². The zero-order valence-corrected chi connectivity index (χ0v) is 16.3. The summed E-state index contributed by atoms with van der Waals surface area (Å²) in [6.07, 6.45) is 1.23. The van der Waals surface area contributed by atoms with E-state index in [-0.39, 0.29) is 16.6 Å². The van der Waals surface area contributed by atoms with Crippen molar-refractivity contribution in [3.05, 3.63) is 42.0 Å². The number of hydrogen-bond donors (Lipinski definition) is 1. The van der Waals surface area contributed by atoms with Crippen molar-refractivity contribution < 1.29 is 22.7 Å². The normalized spacial score (nSPS) is 14.3. The van der Waals surface area contributed by atoms with Gasteiger partial charge in [0.25, 0.3) is 10.0 Å². The fourth-order valence-electron chi connectivity index (χ4n) is 3.07. The average molecular weight is 390 g/mol. The van der Waals surface area contributed by atoms with Crippen LogP contribution in [0.2, 0.25) is 0 Å². The summed E-state index contributed by atoms with van der Waals surface area (Å²) >= 11 is 0. The summed E-state index contributed by atoms with van der Waals surface area (Å²) in [6, 6.07) is 9.81. The van der Waals surface area contributed by atoms with Crippen molar-refractivity contribution in [3.63, 3.8) is 0 Å². The second kappa shape index (κ2) is 7.48. The number of ether oxygens (including phenoxy) is 2. The number of carbonyl (C=O) groups is 1. The fraction of sp³-hybridized carbons (Fsp3) is 0.316.